The lowest BCUT2D eigenvalue weighted by Crippen LogP contribution is -2.50. The number of piperidine rings is 1. The Bertz CT molecular complexity index is 604. The third-order valence-electron chi connectivity index (χ3n) is 4.42. The Hall–Kier alpha value is -1.68. The molecule has 1 amide bonds. The molecule has 1 fully saturated rings. The molecule has 2 atom stereocenters. The van der Waals surface area contributed by atoms with Crippen LogP contribution in [0.15, 0.2) is 24.3 Å². The third-order valence-corrected chi connectivity index (χ3v) is 4.42. The Morgan fingerprint density at radius 2 is 1.84 bits per heavy atom. The van der Waals surface area contributed by atoms with Gasteiger partial charge in [0.05, 0.1) is 5.56 Å². The van der Waals surface area contributed by atoms with E-state index in [1.165, 1.54) is 0 Å². The van der Waals surface area contributed by atoms with Crippen LogP contribution in [0.2, 0.25) is 0 Å². The van der Waals surface area contributed by atoms with E-state index in [1.54, 1.807) is 12.1 Å². The van der Waals surface area contributed by atoms with Gasteiger partial charge in [-0.15, -0.1) is 0 Å². The zero-order valence-electron chi connectivity index (χ0n) is 15.9. The molecule has 25 heavy (non-hydrogen) atoms. The fourth-order valence-corrected chi connectivity index (χ4v) is 3.45. The molecule has 1 aliphatic heterocycles. The topological polar surface area (TPSA) is 58.2 Å². The van der Waals surface area contributed by atoms with Gasteiger partial charge in [-0.2, -0.15) is 0 Å². The smallest absolute Gasteiger partial charge is 0.252 e. The molecule has 0 aliphatic carbocycles. The van der Waals surface area contributed by atoms with Gasteiger partial charge in [-0.25, -0.2) is 0 Å². The number of carbonyl (C=O) groups is 2. The predicted octanol–water partition coefficient (Wildman–Crippen LogP) is 3.63. The van der Waals surface area contributed by atoms with Crippen molar-refractivity contribution in [3.8, 4) is 0 Å². The highest BCUT2D eigenvalue weighted by atomic mass is 16.2. The van der Waals surface area contributed by atoms with Crippen LogP contribution in [0, 0.1) is 17.8 Å². The zero-order chi connectivity index (χ0) is 18.4. The summed E-state index contributed by atoms with van der Waals surface area (Å²) in [4.78, 5) is 25.0. The summed E-state index contributed by atoms with van der Waals surface area (Å²) in [7, 11) is 0. The van der Waals surface area contributed by atoms with E-state index in [0.29, 0.717) is 23.5 Å². The van der Waals surface area contributed by atoms with Gasteiger partial charge in [-0.3, -0.25) is 9.59 Å². The summed E-state index contributed by atoms with van der Waals surface area (Å²) >= 11 is 0. The van der Waals surface area contributed by atoms with E-state index < -0.39 is 0 Å². The number of ketones is 1. The van der Waals surface area contributed by atoms with Gasteiger partial charge in [0.25, 0.3) is 5.91 Å². The van der Waals surface area contributed by atoms with Crippen molar-refractivity contribution >= 4 is 11.7 Å². The lowest BCUT2D eigenvalue weighted by atomic mass is 9.80. The van der Waals surface area contributed by atoms with Crippen LogP contribution in [0.5, 0.6) is 0 Å². The molecule has 1 radical (unpaired) electrons. The Morgan fingerprint density at radius 3 is 2.48 bits per heavy atom. The van der Waals surface area contributed by atoms with Crippen LogP contribution in [0.25, 0.3) is 0 Å². The average molecular weight is 343 g/mol. The summed E-state index contributed by atoms with van der Waals surface area (Å²) in [6.07, 6.45) is 4.58. The first kappa shape index (κ1) is 19.6. The van der Waals surface area contributed by atoms with E-state index in [1.807, 2.05) is 19.1 Å². The summed E-state index contributed by atoms with van der Waals surface area (Å²) in [6.45, 7) is 10.4. The molecule has 2 rings (SSSR count). The highest BCUT2D eigenvalue weighted by molar-refractivity contribution is 6.08. The average Bonchev–Trinajstić information content (AvgIpc) is 2.53. The van der Waals surface area contributed by atoms with E-state index in [9.17, 15) is 9.59 Å². The van der Waals surface area contributed by atoms with Crippen molar-refractivity contribution in [2.24, 2.45) is 11.3 Å². The van der Waals surface area contributed by atoms with Crippen molar-refractivity contribution in [1.82, 2.24) is 10.6 Å². The molecule has 4 heteroatoms. The minimum absolute atomic E-state index is 0.0112. The van der Waals surface area contributed by atoms with Crippen LogP contribution in [-0.2, 0) is 0 Å². The highest BCUT2D eigenvalue weighted by Gasteiger charge is 2.27. The van der Waals surface area contributed by atoms with Crippen LogP contribution >= 0.6 is 0 Å². The SMILES string of the molecule is CCCC(=O)c1ccccc1C(=O)NC1[CH]C(CC(C)(C)C)CNC1. The summed E-state index contributed by atoms with van der Waals surface area (Å²) in [6, 6.07) is 7.10. The molecule has 137 valence electrons. The van der Waals surface area contributed by atoms with Crippen molar-refractivity contribution in [2.75, 3.05) is 13.1 Å². The molecule has 1 aliphatic rings. The van der Waals surface area contributed by atoms with Gasteiger partial charge < -0.3 is 10.6 Å². The Morgan fingerprint density at radius 1 is 1.16 bits per heavy atom. The van der Waals surface area contributed by atoms with Crippen molar-refractivity contribution in [3.05, 3.63) is 41.8 Å². The molecule has 0 saturated carbocycles. The van der Waals surface area contributed by atoms with Gasteiger partial charge >= 0.3 is 0 Å². The van der Waals surface area contributed by atoms with E-state index in [4.69, 9.17) is 0 Å². The van der Waals surface area contributed by atoms with Gasteiger partial charge in [-0.1, -0.05) is 45.9 Å². The Labute approximate surface area is 151 Å². The number of benzene rings is 1. The van der Waals surface area contributed by atoms with Crippen LogP contribution in [0.3, 0.4) is 0 Å². The highest BCUT2D eigenvalue weighted by Crippen LogP contribution is 2.27. The fourth-order valence-electron chi connectivity index (χ4n) is 3.45. The molecule has 1 aromatic carbocycles. The third kappa shape index (κ3) is 5.96. The monoisotopic (exact) mass is 343 g/mol. The van der Waals surface area contributed by atoms with Crippen LogP contribution in [0.4, 0.5) is 0 Å². The van der Waals surface area contributed by atoms with E-state index in [-0.39, 0.29) is 23.1 Å². The van der Waals surface area contributed by atoms with E-state index in [0.717, 1.165) is 25.9 Å². The van der Waals surface area contributed by atoms with Crippen molar-refractivity contribution in [2.45, 2.75) is 53.0 Å². The second kappa shape index (κ2) is 8.61. The van der Waals surface area contributed by atoms with Gasteiger partial charge in [0.15, 0.2) is 5.78 Å². The maximum absolute atomic E-state index is 12.7. The normalized spacial score (nSPS) is 21.0. The zero-order valence-corrected chi connectivity index (χ0v) is 15.9. The fraction of sp³-hybridized carbons (Fsp3) is 0.571. The number of carbonyl (C=O) groups excluding carboxylic acids is 2. The first-order valence-electron chi connectivity index (χ1n) is 9.29. The first-order valence-corrected chi connectivity index (χ1v) is 9.29. The van der Waals surface area contributed by atoms with Crippen LogP contribution in [0.1, 0.15) is 67.7 Å². The molecule has 4 nitrogen and oxygen atoms in total. The lowest BCUT2D eigenvalue weighted by Gasteiger charge is -2.34. The number of amides is 1. The molecule has 1 aromatic rings. The number of Topliss-reactive ketones (excluding diaryl/α,β-unsaturated/α-hetero) is 1. The Kier molecular flexibility index (Phi) is 6.77. The number of hydrogen-bond acceptors (Lipinski definition) is 3. The molecule has 1 heterocycles. The molecule has 2 unspecified atom stereocenters. The summed E-state index contributed by atoms with van der Waals surface area (Å²) in [5.74, 6) is 0.306. The largest absolute Gasteiger partial charge is 0.348 e. The van der Waals surface area contributed by atoms with Gasteiger partial charge in [0.2, 0.25) is 0 Å². The second-order valence-electron chi connectivity index (χ2n) is 8.17. The summed E-state index contributed by atoms with van der Waals surface area (Å²) < 4.78 is 0. The van der Waals surface area contributed by atoms with E-state index >= 15 is 0 Å². The quantitative estimate of drug-likeness (QED) is 0.776. The van der Waals surface area contributed by atoms with Crippen LogP contribution in [-0.4, -0.2) is 30.8 Å². The minimum atomic E-state index is -0.167. The molecular weight excluding hydrogens is 312 g/mol. The first-order chi connectivity index (χ1) is 11.8. The van der Waals surface area contributed by atoms with Crippen molar-refractivity contribution in [3.63, 3.8) is 0 Å². The van der Waals surface area contributed by atoms with Gasteiger partial charge in [0, 0.05) is 24.6 Å². The maximum Gasteiger partial charge on any atom is 0.252 e. The van der Waals surface area contributed by atoms with Crippen molar-refractivity contribution < 1.29 is 9.59 Å². The molecule has 1 saturated heterocycles. The number of hydrogen-bond donors (Lipinski definition) is 2. The summed E-state index contributed by atoms with van der Waals surface area (Å²) in [5.41, 5.74) is 1.26. The lowest BCUT2D eigenvalue weighted by molar-refractivity contribution is 0.0917. The molecular formula is C21H31N2O2. The second-order valence-corrected chi connectivity index (χ2v) is 8.17. The number of rotatable bonds is 6. The van der Waals surface area contributed by atoms with E-state index in [2.05, 4.69) is 37.8 Å². The number of nitrogens with one attached hydrogen (secondary N) is 2. The summed E-state index contributed by atoms with van der Waals surface area (Å²) in [5, 5.41) is 6.49. The molecule has 0 bridgehead atoms. The minimum Gasteiger partial charge on any atom is -0.348 e. The van der Waals surface area contributed by atoms with Gasteiger partial charge in [0.1, 0.15) is 0 Å². The standard InChI is InChI=1S/C21H31N2O2/c1-5-8-19(24)17-9-6-7-10-18(17)20(25)23-16-11-15(13-22-14-16)12-21(2,3)4/h6-7,9-11,15-16,22H,5,8,12-14H2,1-4H3,(H,23,25). The van der Waals surface area contributed by atoms with Crippen LogP contribution < -0.4 is 10.6 Å². The predicted molar refractivity (Wildman–Crippen MR) is 102 cm³/mol. The van der Waals surface area contributed by atoms with Gasteiger partial charge in [-0.05, 0) is 43.2 Å². The molecule has 2 N–H and O–H groups in total. The maximum atomic E-state index is 12.7. The van der Waals surface area contributed by atoms with Crippen molar-refractivity contribution in [1.29, 1.82) is 0 Å². The molecule has 0 aromatic heterocycles. The Balaban J connectivity index is 2.03. The molecule has 0 spiro atoms.